The number of nitrogens with zero attached hydrogens (tertiary/aromatic N) is 5. The number of nitriles is 1. The highest BCUT2D eigenvalue weighted by atomic mass is 16.3. The summed E-state index contributed by atoms with van der Waals surface area (Å²) in [6.45, 7) is 4.93. The van der Waals surface area contributed by atoms with Gasteiger partial charge in [0.1, 0.15) is 17.7 Å². The molecule has 0 saturated carbocycles. The Morgan fingerprint density at radius 2 is 1.90 bits per heavy atom. The van der Waals surface area contributed by atoms with E-state index in [0.29, 0.717) is 18.7 Å². The largest absolute Gasteiger partial charge is 0.395 e. The maximum absolute atomic E-state index is 10.1. The topological polar surface area (TPSA) is 66.6 Å². The molecule has 4 rings (SSSR count). The molecule has 6 heteroatoms. The van der Waals surface area contributed by atoms with Gasteiger partial charge in [0.2, 0.25) is 0 Å². The smallest absolute Gasteiger partial charge is 0.149 e. The number of aromatic nitrogens is 1. The molecule has 3 heterocycles. The van der Waals surface area contributed by atoms with Crippen LogP contribution in [0.2, 0.25) is 0 Å². The van der Waals surface area contributed by atoms with Crippen LogP contribution in [0, 0.1) is 11.3 Å². The lowest BCUT2D eigenvalue weighted by molar-refractivity contribution is 0.300. The second kappa shape index (κ2) is 8.81. The number of hydrogen-bond donors (Lipinski definition) is 1. The predicted octanol–water partition coefficient (Wildman–Crippen LogP) is 2.54. The second-order valence-electron chi connectivity index (χ2n) is 8.02. The third-order valence-electron chi connectivity index (χ3n) is 5.95. The van der Waals surface area contributed by atoms with Crippen molar-refractivity contribution in [1.82, 2.24) is 9.88 Å². The van der Waals surface area contributed by atoms with Crippen LogP contribution >= 0.6 is 0 Å². The minimum absolute atomic E-state index is 0.0260. The number of rotatable bonds is 6. The summed E-state index contributed by atoms with van der Waals surface area (Å²) in [5.74, 6) is 1.75. The summed E-state index contributed by atoms with van der Waals surface area (Å²) in [6, 6.07) is 12.6. The van der Waals surface area contributed by atoms with E-state index >= 15 is 0 Å². The maximum Gasteiger partial charge on any atom is 0.149 e. The Kier molecular flexibility index (Phi) is 5.98. The zero-order chi connectivity index (χ0) is 20.2. The molecular weight excluding hydrogens is 362 g/mol. The van der Waals surface area contributed by atoms with Gasteiger partial charge in [0.25, 0.3) is 0 Å². The number of aliphatic hydroxyl groups excluding tert-OH is 1. The molecule has 0 aliphatic carbocycles. The van der Waals surface area contributed by atoms with Crippen LogP contribution in [0.3, 0.4) is 0 Å². The molecule has 152 valence electrons. The Hall–Kier alpha value is -2.62. The quantitative estimate of drug-likeness (QED) is 0.816. The predicted molar refractivity (Wildman–Crippen MR) is 115 cm³/mol. The number of benzene rings is 1. The molecule has 29 heavy (non-hydrogen) atoms. The van der Waals surface area contributed by atoms with Gasteiger partial charge in [-0.05, 0) is 37.4 Å². The number of anilines is 2. The van der Waals surface area contributed by atoms with Crippen molar-refractivity contribution in [2.24, 2.45) is 0 Å². The number of aliphatic hydroxyl groups is 1. The number of hydrogen-bond acceptors (Lipinski definition) is 6. The lowest BCUT2D eigenvalue weighted by Crippen LogP contribution is -2.34. The molecule has 0 spiro atoms. The number of pyridine rings is 1. The Morgan fingerprint density at radius 1 is 1.14 bits per heavy atom. The third-order valence-corrected chi connectivity index (χ3v) is 5.95. The Bertz CT molecular complexity index is 886. The average Bonchev–Trinajstić information content (AvgIpc) is 3.27. The zero-order valence-electron chi connectivity index (χ0n) is 17.1. The summed E-state index contributed by atoms with van der Waals surface area (Å²) in [5.41, 5.74) is 4.19. The molecule has 0 atom stereocenters. The highest BCUT2D eigenvalue weighted by Crippen LogP contribution is 2.36. The summed E-state index contributed by atoms with van der Waals surface area (Å²) in [6.07, 6.45) is 3.24. The monoisotopic (exact) mass is 391 g/mol. The molecular formula is C23H29N5O. The van der Waals surface area contributed by atoms with Crippen LogP contribution in [0.25, 0.3) is 0 Å². The first-order chi connectivity index (χ1) is 14.2. The van der Waals surface area contributed by atoms with Crippen molar-refractivity contribution in [2.75, 3.05) is 49.6 Å². The minimum Gasteiger partial charge on any atom is -0.395 e. The van der Waals surface area contributed by atoms with Crippen LogP contribution in [0.5, 0.6) is 0 Å². The fourth-order valence-corrected chi connectivity index (χ4v) is 4.46. The van der Waals surface area contributed by atoms with Crippen LogP contribution in [0.15, 0.2) is 30.3 Å². The van der Waals surface area contributed by atoms with E-state index in [2.05, 4.69) is 39.9 Å². The lowest BCUT2D eigenvalue weighted by atomic mass is 9.95. The standard InChI is InChI=1S/C23H29N5O/c1-26-12-9-19-20(15-24)22(25-23(21(19)17-26)27-10-5-6-11-27)28(13-14-29)16-18-7-3-2-4-8-18/h2-4,7-8,29H,5-6,9-14,16-17H2,1H3. The molecule has 0 bridgehead atoms. The van der Waals surface area contributed by atoms with E-state index in [1.807, 2.05) is 18.2 Å². The molecule has 1 fully saturated rings. The summed E-state index contributed by atoms with van der Waals surface area (Å²) < 4.78 is 0. The van der Waals surface area contributed by atoms with Crippen molar-refractivity contribution >= 4 is 11.6 Å². The molecule has 1 aromatic heterocycles. The Morgan fingerprint density at radius 3 is 2.59 bits per heavy atom. The fourth-order valence-electron chi connectivity index (χ4n) is 4.46. The molecule has 2 aliphatic rings. The molecule has 1 aromatic carbocycles. The highest BCUT2D eigenvalue weighted by Gasteiger charge is 2.29. The molecule has 0 amide bonds. The van der Waals surface area contributed by atoms with Gasteiger partial charge in [0.15, 0.2) is 0 Å². The van der Waals surface area contributed by atoms with E-state index in [4.69, 9.17) is 4.98 Å². The third kappa shape index (κ3) is 4.07. The normalized spacial score (nSPS) is 16.5. The number of likely N-dealkylation sites (N-methyl/N-ethyl adjacent to an activating group) is 1. The lowest BCUT2D eigenvalue weighted by Gasteiger charge is -2.33. The molecule has 6 nitrogen and oxygen atoms in total. The maximum atomic E-state index is 10.1. The Balaban J connectivity index is 1.82. The van der Waals surface area contributed by atoms with Crippen molar-refractivity contribution in [3.05, 3.63) is 52.6 Å². The van der Waals surface area contributed by atoms with Gasteiger partial charge in [-0.15, -0.1) is 0 Å². The molecule has 2 aromatic rings. The van der Waals surface area contributed by atoms with Gasteiger partial charge in [-0.2, -0.15) is 5.26 Å². The van der Waals surface area contributed by atoms with Gasteiger partial charge < -0.3 is 19.8 Å². The average molecular weight is 392 g/mol. The van der Waals surface area contributed by atoms with Gasteiger partial charge in [0.05, 0.1) is 12.2 Å². The molecule has 1 N–H and O–H groups in total. The fraction of sp³-hybridized carbons (Fsp3) is 0.478. The van der Waals surface area contributed by atoms with Gasteiger partial charge in [-0.25, -0.2) is 4.98 Å². The van der Waals surface area contributed by atoms with E-state index in [-0.39, 0.29) is 6.61 Å². The van der Waals surface area contributed by atoms with Crippen molar-refractivity contribution < 1.29 is 5.11 Å². The minimum atomic E-state index is 0.0260. The van der Waals surface area contributed by atoms with Gasteiger partial charge >= 0.3 is 0 Å². The van der Waals surface area contributed by atoms with Crippen molar-refractivity contribution in [3.63, 3.8) is 0 Å². The van der Waals surface area contributed by atoms with Gasteiger partial charge in [0, 0.05) is 44.8 Å². The molecule has 0 radical (unpaired) electrons. The molecule has 0 unspecified atom stereocenters. The summed E-state index contributed by atoms with van der Waals surface area (Å²) in [5, 5.41) is 19.8. The van der Waals surface area contributed by atoms with Gasteiger partial charge in [-0.1, -0.05) is 30.3 Å². The van der Waals surface area contributed by atoms with E-state index in [0.717, 1.165) is 55.4 Å². The summed E-state index contributed by atoms with van der Waals surface area (Å²) in [4.78, 5) is 11.8. The van der Waals surface area contributed by atoms with Crippen LogP contribution in [-0.4, -0.2) is 54.8 Å². The zero-order valence-corrected chi connectivity index (χ0v) is 17.1. The van der Waals surface area contributed by atoms with E-state index < -0.39 is 0 Å². The van der Waals surface area contributed by atoms with Crippen molar-refractivity contribution in [1.29, 1.82) is 5.26 Å². The van der Waals surface area contributed by atoms with Crippen molar-refractivity contribution in [2.45, 2.75) is 32.4 Å². The first-order valence-corrected chi connectivity index (χ1v) is 10.5. The molecule has 1 saturated heterocycles. The highest BCUT2D eigenvalue weighted by molar-refractivity contribution is 5.68. The molecule has 2 aliphatic heterocycles. The van der Waals surface area contributed by atoms with Crippen LogP contribution in [0.4, 0.5) is 11.6 Å². The van der Waals surface area contributed by atoms with Crippen molar-refractivity contribution in [3.8, 4) is 6.07 Å². The SMILES string of the molecule is CN1CCc2c(C#N)c(N(CCO)Cc3ccccc3)nc(N3CCCC3)c2C1. The van der Waals surface area contributed by atoms with E-state index in [1.165, 1.54) is 18.4 Å². The van der Waals surface area contributed by atoms with Crippen LogP contribution in [-0.2, 0) is 19.5 Å². The number of fused-ring (bicyclic) bond motifs is 1. The van der Waals surface area contributed by atoms with E-state index in [9.17, 15) is 10.4 Å². The summed E-state index contributed by atoms with van der Waals surface area (Å²) in [7, 11) is 2.13. The first kappa shape index (κ1) is 19.7. The van der Waals surface area contributed by atoms with Crippen LogP contribution < -0.4 is 9.80 Å². The summed E-state index contributed by atoms with van der Waals surface area (Å²) >= 11 is 0. The van der Waals surface area contributed by atoms with E-state index in [1.54, 1.807) is 0 Å². The van der Waals surface area contributed by atoms with Gasteiger partial charge in [-0.3, -0.25) is 0 Å². The second-order valence-corrected chi connectivity index (χ2v) is 8.02. The Labute approximate surface area is 173 Å². The van der Waals surface area contributed by atoms with Crippen LogP contribution in [0.1, 0.15) is 35.1 Å². The first-order valence-electron chi connectivity index (χ1n) is 10.5.